The van der Waals surface area contributed by atoms with Gasteiger partial charge in [-0.3, -0.25) is 4.79 Å². The minimum atomic E-state index is -2.91. The van der Waals surface area contributed by atoms with Gasteiger partial charge in [-0.1, -0.05) is 19.1 Å². The Bertz CT molecular complexity index is 654. The maximum absolute atomic E-state index is 12.4. The number of carbonyl (C=O) groups is 1. The summed E-state index contributed by atoms with van der Waals surface area (Å²) in [6.45, 7) is -0.977. The highest BCUT2D eigenvalue weighted by molar-refractivity contribution is 7.14. The monoisotopic (exact) mass is 363 g/mol. The minimum Gasteiger partial charge on any atom is -0.434 e. The molecule has 1 amide bonds. The maximum atomic E-state index is 12.4. The molecule has 3 N–H and O–H groups in total. The van der Waals surface area contributed by atoms with Crippen molar-refractivity contribution in [1.29, 1.82) is 0 Å². The number of para-hydroxylation sites is 1. The Balaban J connectivity index is 0.00000264. The largest absolute Gasteiger partial charge is 0.434 e. The molecule has 0 saturated heterocycles. The smallest absolute Gasteiger partial charge is 0.387 e. The van der Waals surface area contributed by atoms with Gasteiger partial charge in [0.1, 0.15) is 5.75 Å². The molecule has 23 heavy (non-hydrogen) atoms. The van der Waals surface area contributed by atoms with Crippen LogP contribution in [-0.2, 0) is 4.79 Å². The molecule has 0 aliphatic heterocycles. The molecular weight excluding hydrogens is 348 g/mol. The van der Waals surface area contributed by atoms with Crippen LogP contribution in [0.15, 0.2) is 29.6 Å². The molecule has 0 radical (unpaired) electrons. The van der Waals surface area contributed by atoms with Gasteiger partial charge in [0.25, 0.3) is 0 Å². The normalized spacial score (nSPS) is 11.7. The number of thiazole rings is 1. The molecule has 1 atom stereocenters. The van der Waals surface area contributed by atoms with Crippen LogP contribution in [-0.4, -0.2) is 24.0 Å². The van der Waals surface area contributed by atoms with Gasteiger partial charge in [0.2, 0.25) is 5.91 Å². The lowest BCUT2D eigenvalue weighted by molar-refractivity contribution is -0.119. The van der Waals surface area contributed by atoms with E-state index in [1.165, 1.54) is 17.4 Å². The fraction of sp³-hybridized carbons (Fsp3) is 0.286. The average Bonchev–Trinajstić information content (AvgIpc) is 2.94. The molecule has 0 bridgehead atoms. The van der Waals surface area contributed by atoms with Gasteiger partial charge in [0.05, 0.1) is 5.69 Å². The van der Waals surface area contributed by atoms with Crippen LogP contribution in [0.4, 0.5) is 13.9 Å². The highest BCUT2D eigenvalue weighted by atomic mass is 35.5. The molecular formula is C14H16ClF2N3O2S. The first-order valence-electron chi connectivity index (χ1n) is 6.52. The number of ether oxygens (including phenoxy) is 1. The number of anilines is 1. The van der Waals surface area contributed by atoms with E-state index in [1.807, 2.05) is 0 Å². The lowest BCUT2D eigenvalue weighted by atomic mass is 10.1. The van der Waals surface area contributed by atoms with Crippen LogP contribution in [0.5, 0.6) is 5.75 Å². The number of alkyl halides is 2. The molecule has 2 aromatic rings. The molecule has 1 aromatic heterocycles. The van der Waals surface area contributed by atoms with Crippen molar-refractivity contribution in [2.75, 3.05) is 11.9 Å². The number of rotatable bonds is 6. The van der Waals surface area contributed by atoms with Gasteiger partial charge in [0.15, 0.2) is 5.13 Å². The first-order valence-corrected chi connectivity index (χ1v) is 7.40. The van der Waals surface area contributed by atoms with Gasteiger partial charge < -0.3 is 15.8 Å². The number of amides is 1. The second-order valence-corrected chi connectivity index (χ2v) is 5.40. The van der Waals surface area contributed by atoms with Crippen molar-refractivity contribution >= 4 is 34.8 Å². The summed E-state index contributed by atoms with van der Waals surface area (Å²) >= 11 is 1.20. The van der Waals surface area contributed by atoms with E-state index in [9.17, 15) is 13.6 Å². The number of nitrogens with one attached hydrogen (secondary N) is 1. The van der Waals surface area contributed by atoms with Gasteiger partial charge in [-0.15, -0.1) is 23.7 Å². The number of hydrogen-bond acceptors (Lipinski definition) is 5. The molecule has 0 aliphatic carbocycles. The summed E-state index contributed by atoms with van der Waals surface area (Å²) in [5.41, 5.74) is 6.32. The Labute approximate surface area is 142 Å². The number of aromatic nitrogens is 1. The zero-order chi connectivity index (χ0) is 16.1. The van der Waals surface area contributed by atoms with Crippen LogP contribution in [0.1, 0.15) is 6.92 Å². The zero-order valence-electron chi connectivity index (χ0n) is 12.2. The first-order chi connectivity index (χ1) is 10.5. The fourth-order valence-electron chi connectivity index (χ4n) is 1.67. The first kappa shape index (κ1) is 19.3. The van der Waals surface area contributed by atoms with Crippen molar-refractivity contribution in [3.8, 4) is 17.0 Å². The van der Waals surface area contributed by atoms with E-state index < -0.39 is 6.61 Å². The number of nitrogens with two attached hydrogens (primary N) is 1. The molecule has 0 saturated carbocycles. The Hall–Kier alpha value is -1.77. The third-order valence-corrected chi connectivity index (χ3v) is 3.67. The molecule has 126 valence electrons. The van der Waals surface area contributed by atoms with Gasteiger partial charge >= 0.3 is 6.61 Å². The van der Waals surface area contributed by atoms with Crippen molar-refractivity contribution in [3.63, 3.8) is 0 Å². The predicted molar refractivity (Wildman–Crippen MR) is 88.3 cm³/mol. The van der Waals surface area contributed by atoms with Crippen LogP contribution >= 0.6 is 23.7 Å². The van der Waals surface area contributed by atoms with Crippen molar-refractivity contribution in [1.82, 2.24) is 4.98 Å². The zero-order valence-corrected chi connectivity index (χ0v) is 13.8. The summed E-state index contributed by atoms with van der Waals surface area (Å²) in [7, 11) is 0. The van der Waals surface area contributed by atoms with Crippen LogP contribution in [0.25, 0.3) is 11.3 Å². The Morgan fingerprint density at radius 1 is 1.43 bits per heavy atom. The third-order valence-electron chi connectivity index (χ3n) is 2.91. The van der Waals surface area contributed by atoms with Gasteiger partial charge in [-0.2, -0.15) is 8.78 Å². The van der Waals surface area contributed by atoms with E-state index in [1.54, 1.807) is 30.5 Å². The summed E-state index contributed by atoms with van der Waals surface area (Å²) < 4.78 is 29.3. The van der Waals surface area contributed by atoms with Crippen LogP contribution < -0.4 is 15.8 Å². The van der Waals surface area contributed by atoms with Crippen molar-refractivity contribution in [2.45, 2.75) is 13.5 Å². The third kappa shape index (κ3) is 5.12. The highest BCUT2D eigenvalue weighted by Gasteiger charge is 2.16. The van der Waals surface area contributed by atoms with E-state index >= 15 is 0 Å². The number of carbonyl (C=O) groups excluding carboxylic acids is 1. The summed E-state index contributed by atoms with van der Waals surface area (Å²) in [5.74, 6) is -0.529. The minimum absolute atomic E-state index is 0. The van der Waals surface area contributed by atoms with E-state index in [0.717, 1.165) is 0 Å². The van der Waals surface area contributed by atoms with Crippen molar-refractivity contribution in [3.05, 3.63) is 29.6 Å². The quantitative estimate of drug-likeness (QED) is 0.825. The van der Waals surface area contributed by atoms with Gasteiger partial charge in [-0.05, 0) is 12.1 Å². The molecule has 0 aliphatic rings. The molecule has 0 fully saturated rings. The van der Waals surface area contributed by atoms with E-state index in [4.69, 9.17) is 5.73 Å². The topological polar surface area (TPSA) is 77.2 Å². The molecule has 9 heteroatoms. The summed E-state index contributed by atoms with van der Waals surface area (Å²) in [5, 5.41) is 4.69. The lowest BCUT2D eigenvalue weighted by Crippen LogP contribution is -2.26. The predicted octanol–water partition coefficient (Wildman–Crippen LogP) is 3.37. The number of halogens is 3. The Kier molecular flexibility index (Phi) is 7.34. The maximum Gasteiger partial charge on any atom is 0.387 e. The van der Waals surface area contributed by atoms with Gasteiger partial charge in [-0.25, -0.2) is 4.98 Å². The lowest BCUT2D eigenvalue weighted by Gasteiger charge is -2.08. The molecule has 5 nitrogen and oxygen atoms in total. The standard InChI is InChI=1S/C14H15F2N3O2S.ClH/c1-8(6-17)12(20)19-14-18-10(7-22-14)9-4-2-3-5-11(9)21-13(15)16;/h2-5,7-8,13H,6,17H2,1H3,(H,18,19,20);1H. The number of hydrogen-bond donors (Lipinski definition) is 2. The van der Waals surface area contributed by atoms with Crippen LogP contribution in [0, 0.1) is 5.92 Å². The Morgan fingerprint density at radius 2 is 2.13 bits per heavy atom. The van der Waals surface area contributed by atoms with E-state index in [-0.39, 0.29) is 36.5 Å². The summed E-state index contributed by atoms with van der Waals surface area (Å²) in [6, 6.07) is 6.36. The molecule has 2 rings (SSSR count). The van der Waals surface area contributed by atoms with E-state index in [0.29, 0.717) is 16.4 Å². The average molecular weight is 364 g/mol. The Morgan fingerprint density at radius 3 is 2.78 bits per heavy atom. The number of benzene rings is 1. The summed E-state index contributed by atoms with van der Waals surface area (Å²) in [4.78, 5) is 16.0. The second-order valence-electron chi connectivity index (χ2n) is 4.54. The number of nitrogens with zero attached hydrogens (tertiary/aromatic N) is 1. The highest BCUT2D eigenvalue weighted by Crippen LogP contribution is 2.33. The van der Waals surface area contributed by atoms with Crippen LogP contribution in [0.2, 0.25) is 0 Å². The van der Waals surface area contributed by atoms with E-state index in [2.05, 4.69) is 15.0 Å². The molecule has 1 unspecified atom stereocenters. The van der Waals surface area contributed by atoms with Crippen molar-refractivity contribution in [2.24, 2.45) is 11.7 Å². The molecule has 1 heterocycles. The van der Waals surface area contributed by atoms with Gasteiger partial charge in [0, 0.05) is 23.4 Å². The molecule has 1 aromatic carbocycles. The fourth-order valence-corrected chi connectivity index (χ4v) is 2.38. The van der Waals surface area contributed by atoms with Crippen LogP contribution in [0.3, 0.4) is 0 Å². The second kappa shape index (κ2) is 8.76. The SMILES string of the molecule is CC(CN)C(=O)Nc1nc(-c2ccccc2OC(F)F)cs1.Cl. The van der Waals surface area contributed by atoms with Crippen molar-refractivity contribution < 1.29 is 18.3 Å². The molecule has 0 spiro atoms. The summed E-state index contributed by atoms with van der Waals surface area (Å²) in [6.07, 6.45) is 0.